The van der Waals surface area contributed by atoms with Crippen LogP contribution in [-0.4, -0.2) is 33.0 Å². The molecule has 0 fully saturated rings. The van der Waals surface area contributed by atoms with Crippen LogP contribution >= 0.6 is 58.8 Å². The molecule has 1 radical (unpaired) electrons. The second-order valence-electron chi connectivity index (χ2n) is 2.34. The predicted octanol–water partition coefficient (Wildman–Crippen LogP) is 2.98. The maximum atomic E-state index is 11.0. The minimum atomic E-state index is -1.58. The fourth-order valence-corrected chi connectivity index (χ4v) is 1.36. The number of rotatable bonds is 4. The molecule has 0 aliphatic rings. The lowest BCUT2D eigenvalue weighted by atomic mass is 10.7. The first-order chi connectivity index (χ1) is 6.81. The predicted molar refractivity (Wildman–Crippen MR) is 70.1 cm³/mol. The summed E-state index contributed by atoms with van der Waals surface area (Å²) in [7, 11) is 0. The highest BCUT2D eigenvalue weighted by molar-refractivity contribution is 8.23. The molecule has 0 bridgehead atoms. The Labute approximate surface area is 113 Å². The van der Waals surface area contributed by atoms with Crippen LogP contribution in [0.3, 0.4) is 0 Å². The summed E-state index contributed by atoms with van der Waals surface area (Å²) in [4.78, 5) is 11.0. The monoisotopic (exact) mass is 308 g/mol. The highest BCUT2D eigenvalue weighted by atomic mass is 35.6. The van der Waals surface area contributed by atoms with Gasteiger partial charge in [0.2, 0.25) is 3.79 Å². The Morgan fingerprint density at radius 3 is 2.60 bits per heavy atom. The molecule has 15 heavy (non-hydrogen) atoms. The number of hydrogen-bond acceptors (Lipinski definition) is 4. The first-order valence-electron chi connectivity index (χ1n) is 3.77. The summed E-state index contributed by atoms with van der Waals surface area (Å²) in [6.45, 7) is 3.65. The van der Waals surface area contributed by atoms with E-state index in [2.05, 4.69) is 17.0 Å². The van der Waals surface area contributed by atoms with Crippen molar-refractivity contribution >= 4 is 69.1 Å². The van der Waals surface area contributed by atoms with Gasteiger partial charge >= 0.3 is 6.09 Å². The van der Waals surface area contributed by atoms with Crippen molar-refractivity contribution < 1.29 is 9.53 Å². The molecule has 0 aromatic carbocycles. The fourth-order valence-electron chi connectivity index (χ4n) is 0.516. The van der Waals surface area contributed by atoms with Gasteiger partial charge in [0.05, 0.1) is 0 Å². The Morgan fingerprint density at radius 2 is 2.13 bits per heavy atom. The van der Waals surface area contributed by atoms with Crippen LogP contribution in [0.2, 0.25) is 0 Å². The molecule has 0 saturated heterocycles. The molecule has 87 valence electrons. The summed E-state index contributed by atoms with van der Waals surface area (Å²) in [5, 5.41) is 2.47. The zero-order valence-electron chi connectivity index (χ0n) is 7.60. The fraction of sp³-hybridized carbons (Fsp3) is 0.571. The standard InChI is InChI=1S/C7H9Cl3NO2S2/c1-5(14)15-3-2-11-6(12)13-4-7(8,9)10/h1-4H2,(H,11,12). The molecule has 0 aliphatic heterocycles. The van der Waals surface area contributed by atoms with Crippen molar-refractivity contribution in [2.24, 2.45) is 0 Å². The Balaban J connectivity index is 3.46. The first-order valence-corrected chi connectivity index (χ1v) is 6.30. The van der Waals surface area contributed by atoms with Crippen molar-refractivity contribution in [2.45, 2.75) is 3.79 Å². The summed E-state index contributed by atoms with van der Waals surface area (Å²) in [6, 6.07) is 0. The largest absolute Gasteiger partial charge is 0.445 e. The summed E-state index contributed by atoms with van der Waals surface area (Å²) < 4.78 is 3.60. The van der Waals surface area contributed by atoms with Gasteiger partial charge in [-0.15, -0.1) is 11.8 Å². The number of carbonyl (C=O) groups excluding carboxylic acids is 1. The van der Waals surface area contributed by atoms with Gasteiger partial charge in [0.15, 0.2) is 0 Å². The van der Waals surface area contributed by atoms with E-state index in [4.69, 9.17) is 47.0 Å². The molecule has 3 nitrogen and oxygen atoms in total. The number of amides is 1. The van der Waals surface area contributed by atoms with Crippen molar-refractivity contribution in [3.8, 4) is 0 Å². The number of alkyl halides is 3. The topological polar surface area (TPSA) is 38.3 Å². The Bertz CT molecular complexity index is 233. The SMILES string of the molecule is [CH2]C(=S)SCCNC(=O)OCC(Cl)(Cl)Cl. The quantitative estimate of drug-likeness (QED) is 0.492. The van der Waals surface area contributed by atoms with E-state index < -0.39 is 9.89 Å². The number of hydrogen-bond donors (Lipinski definition) is 1. The van der Waals surface area contributed by atoms with Gasteiger partial charge in [-0.3, -0.25) is 0 Å². The van der Waals surface area contributed by atoms with Crippen LogP contribution in [0.15, 0.2) is 0 Å². The molecule has 1 N–H and O–H groups in total. The van der Waals surface area contributed by atoms with Crippen molar-refractivity contribution in [3.63, 3.8) is 0 Å². The number of carbonyl (C=O) groups is 1. The van der Waals surface area contributed by atoms with Crippen molar-refractivity contribution in [3.05, 3.63) is 6.92 Å². The lowest BCUT2D eigenvalue weighted by molar-refractivity contribution is 0.149. The number of thiocarbonyl (C=S) groups is 1. The highest BCUT2D eigenvalue weighted by Crippen LogP contribution is 2.25. The maximum absolute atomic E-state index is 11.0. The Kier molecular flexibility index (Phi) is 8.09. The summed E-state index contributed by atoms with van der Waals surface area (Å²) in [6.07, 6.45) is -0.628. The first kappa shape index (κ1) is 15.6. The second-order valence-corrected chi connectivity index (χ2v) is 6.80. The molecule has 0 heterocycles. The normalized spacial score (nSPS) is 10.9. The second kappa shape index (κ2) is 7.79. The molecule has 0 unspecified atom stereocenters. The zero-order valence-corrected chi connectivity index (χ0v) is 11.5. The Hall–Kier alpha value is 0.580. The van der Waals surface area contributed by atoms with Gasteiger partial charge in [0, 0.05) is 16.5 Å². The summed E-state index contributed by atoms with van der Waals surface area (Å²) in [5.41, 5.74) is 0. The van der Waals surface area contributed by atoms with Gasteiger partial charge in [-0.05, 0) is 6.92 Å². The van der Waals surface area contributed by atoms with Gasteiger partial charge in [0.25, 0.3) is 0 Å². The molecule has 0 aromatic heterocycles. The highest BCUT2D eigenvalue weighted by Gasteiger charge is 2.21. The van der Waals surface area contributed by atoms with Crippen molar-refractivity contribution in [2.75, 3.05) is 18.9 Å². The molecular weight excluding hydrogens is 301 g/mol. The third-order valence-corrected chi connectivity index (χ3v) is 2.41. The van der Waals surface area contributed by atoms with E-state index in [0.29, 0.717) is 16.5 Å². The molecule has 0 aromatic rings. The minimum Gasteiger partial charge on any atom is -0.445 e. The molecular formula is C7H9Cl3NO2S2. The number of thioether (sulfide) groups is 1. The van der Waals surface area contributed by atoms with E-state index in [1.165, 1.54) is 11.8 Å². The van der Waals surface area contributed by atoms with Gasteiger partial charge in [-0.2, -0.15) is 0 Å². The van der Waals surface area contributed by atoms with Crippen molar-refractivity contribution in [1.29, 1.82) is 0 Å². The molecule has 0 aliphatic carbocycles. The molecule has 0 rings (SSSR count). The van der Waals surface area contributed by atoms with Crippen LogP contribution in [0.25, 0.3) is 0 Å². The average Bonchev–Trinajstić information content (AvgIpc) is 2.07. The number of alkyl carbamates (subject to hydrolysis) is 1. The smallest absolute Gasteiger partial charge is 0.407 e. The van der Waals surface area contributed by atoms with Crippen LogP contribution in [0.4, 0.5) is 4.79 Å². The van der Waals surface area contributed by atoms with Crippen molar-refractivity contribution in [1.82, 2.24) is 5.32 Å². The van der Waals surface area contributed by atoms with Gasteiger partial charge in [0.1, 0.15) is 6.61 Å². The third-order valence-electron chi connectivity index (χ3n) is 1.00. The average molecular weight is 310 g/mol. The lowest BCUT2D eigenvalue weighted by Gasteiger charge is -2.11. The minimum absolute atomic E-state index is 0.287. The van der Waals surface area contributed by atoms with E-state index in [1.54, 1.807) is 0 Å². The van der Waals surface area contributed by atoms with Crippen LogP contribution in [0.5, 0.6) is 0 Å². The van der Waals surface area contributed by atoms with E-state index in [0.717, 1.165) is 0 Å². The van der Waals surface area contributed by atoms with Crippen LogP contribution in [0.1, 0.15) is 0 Å². The number of ether oxygens (including phenoxy) is 1. The van der Waals surface area contributed by atoms with E-state index in [9.17, 15) is 4.79 Å². The molecule has 0 saturated carbocycles. The zero-order chi connectivity index (χ0) is 11.9. The van der Waals surface area contributed by atoms with E-state index in [-0.39, 0.29) is 6.61 Å². The Morgan fingerprint density at radius 1 is 1.53 bits per heavy atom. The van der Waals surface area contributed by atoms with Crippen LogP contribution in [-0.2, 0) is 4.74 Å². The van der Waals surface area contributed by atoms with Gasteiger partial charge in [-0.1, -0.05) is 47.0 Å². The van der Waals surface area contributed by atoms with E-state index in [1.807, 2.05) is 0 Å². The van der Waals surface area contributed by atoms with Gasteiger partial charge in [-0.25, -0.2) is 4.79 Å². The third kappa shape index (κ3) is 12.5. The van der Waals surface area contributed by atoms with Gasteiger partial charge < -0.3 is 10.1 Å². The number of nitrogens with one attached hydrogen (secondary N) is 1. The number of halogens is 3. The summed E-state index contributed by atoms with van der Waals surface area (Å²) >= 11 is 22.2. The van der Waals surface area contributed by atoms with Crippen LogP contribution < -0.4 is 5.32 Å². The molecule has 8 heteroatoms. The summed E-state index contributed by atoms with van der Waals surface area (Å²) in [5.74, 6) is 0.630. The van der Waals surface area contributed by atoms with Crippen LogP contribution in [0, 0.1) is 6.92 Å². The van der Waals surface area contributed by atoms with E-state index >= 15 is 0 Å². The lowest BCUT2D eigenvalue weighted by Crippen LogP contribution is -2.29. The molecule has 0 atom stereocenters. The molecule has 0 spiro atoms. The maximum Gasteiger partial charge on any atom is 0.407 e. The molecule has 1 amide bonds.